The summed E-state index contributed by atoms with van der Waals surface area (Å²) in [6.07, 6.45) is 2.11. The Morgan fingerprint density at radius 1 is 1.47 bits per heavy atom. The standard InChI is InChI=1S/C13H17NO5/c1-3-6-17-13(12(2)9(19-12)7-18-13)8-14-10(15)4-5-11(14)16/h3,9H,1,4-8H2,2H3/t9-,12-,13+/m0/s1. The summed E-state index contributed by atoms with van der Waals surface area (Å²) in [5.74, 6) is -1.42. The van der Waals surface area contributed by atoms with E-state index in [4.69, 9.17) is 14.2 Å². The molecule has 3 atom stereocenters. The van der Waals surface area contributed by atoms with Gasteiger partial charge in [-0.2, -0.15) is 0 Å². The summed E-state index contributed by atoms with van der Waals surface area (Å²) in [7, 11) is 0. The number of epoxide rings is 1. The Morgan fingerprint density at radius 2 is 2.16 bits per heavy atom. The lowest BCUT2D eigenvalue weighted by Gasteiger charge is -2.36. The monoisotopic (exact) mass is 267 g/mol. The van der Waals surface area contributed by atoms with Crippen LogP contribution in [0.5, 0.6) is 0 Å². The molecule has 0 saturated carbocycles. The molecule has 0 aromatic carbocycles. The molecular weight excluding hydrogens is 250 g/mol. The van der Waals surface area contributed by atoms with Crippen LogP contribution < -0.4 is 0 Å². The molecule has 0 spiro atoms. The summed E-state index contributed by atoms with van der Waals surface area (Å²) < 4.78 is 17.1. The average molecular weight is 267 g/mol. The van der Waals surface area contributed by atoms with Crippen molar-refractivity contribution in [2.45, 2.75) is 37.3 Å². The molecule has 3 fully saturated rings. The third kappa shape index (κ3) is 1.74. The van der Waals surface area contributed by atoms with E-state index in [0.29, 0.717) is 6.61 Å². The largest absolute Gasteiger partial charge is 0.358 e. The van der Waals surface area contributed by atoms with Gasteiger partial charge in [0.2, 0.25) is 17.6 Å². The molecule has 6 nitrogen and oxygen atoms in total. The van der Waals surface area contributed by atoms with Gasteiger partial charge in [-0.05, 0) is 6.92 Å². The van der Waals surface area contributed by atoms with Crippen LogP contribution in [-0.4, -0.2) is 54.0 Å². The highest BCUT2D eigenvalue weighted by Crippen LogP contribution is 2.53. The highest BCUT2D eigenvalue weighted by molar-refractivity contribution is 6.02. The van der Waals surface area contributed by atoms with E-state index in [0.717, 1.165) is 0 Å². The zero-order valence-corrected chi connectivity index (χ0v) is 10.9. The first kappa shape index (κ1) is 12.8. The number of amides is 2. The van der Waals surface area contributed by atoms with E-state index in [2.05, 4.69) is 6.58 Å². The molecule has 0 aromatic rings. The number of ether oxygens (including phenoxy) is 3. The summed E-state index contributed by atoms with van der Waals surface area (Å²) in [6, 6.07) is 0. The predicted molar refractivity (Wildman–Crippen MR) is 64.1 cm³/mol. The van der Waals surface area contributed by atoms with E-state index < -0.39 is 11.4 Å². The zero-order chi connectivity index (χ0) is 13.7. The summed E-state index contributed by atoms with van der Waals surface area (Å²) in [5.41, 5.74) is -0.584. The van der Waals surface area contributed by atoms with Crippen LogP contribution in [0.25, 0.3) is 0 Å². The second kappa shape index (κ2) is 4.13. The van der Waals surface area contributed by atoms with E-state index >= 15 is 0 Å². The van der Waals surface area contributed by atoms with Crippen molar-refractivity contribution in [1.29, 1.82) is 0 Å². The number of nitrogens with zero attached hydrogens (tertiary/aromatic N) is 1. The summed E-state index contributed by atoms with van der Waals surface area (Å²) in [5, 5.41) is 0. The first-order valence-electron chi connectivity index (χ1n) is 6.42. The highest BCUT2D eigenvalue weighted by atomic mass is 16.8. The normalized spacial score (nSPS) is 40.7. The third-order valence-corrected chi connectivity index (χ3v) is 4.12. The highest BCUT2D eigenvalue weighted by Gasteiger charge is 2.74. The van der Waals surface area contributed by atoms with Crippen LogP contribution in [0.2, 0.25) is 0 Å². The molecule has 3 rings (SSSR count). The van der Waals surface area contributed by atoms with Crippen molar-refractivity contribution in [3.8, 4) is 0 Å². The predicted octanol–water partition coefficient (Wildman–Crippen LogP) is 0.222. The van der Waals surface area contributed by atoms with Crippen molar-refractivity contribution >= 4 is 11.8 Å². The van der Waals surface area contributed by atoms with Crippen molar-refractivity contribution in [1.82, 2.24) is 4.90 Å². The van der Waals surface area contributed by atoms with Gasteiger partial charge in [0, 0.05) is 12.8 Å². The van der Waals surface area contributed by atoms with Crippen LogP contribution in [0, 0.1) is 0 Å². The Bertz CT molecular complexity index is 432. The molecule has 104 valence electrons. The maximum atomic E-state index is 11.7. The molecule has 0 bridgehead atoms. The van der Waals surface area contributed by atoms with Gasteiger partial charge in [-0.1, -0.05) is 6.08 Å². The summed E-state index contributed by atoms with van der Waals surface area (Å²) >= 11 is 0. The minimum absolute atomic E-state index is 0.0230. The van der Waals surface area contributed by atoms with E-state index in [1.165, 1.54) is 4.90 Å². The molecule has 3 aliphatic heterocycles. The number of imide groups is 1. The Kier molecular flexibility index (Phi) is 2.78. The van der Waals surface area contributed by atoms with Gasteiger partial charge in [-0.3, -0.25) is 14.5 Å². The summed E-state index contributed by atoms with van der Waals surface area (Å²) in [4.78, 5) is 24.7. The molecule has 0 N–H and O–H groups in total. The topological polar surface area (TPSA) is 68.4 Å². The fourth-order valence-corrected chi connectivity index (χ4v) is 2.78. The molecule has 0 aliphatic carbocycles. The Labute approximate surface area is 111 Å². The third-order valence-electron chi connectivity index (χ3n) is 4.12. The zero-order valence-electron chi connectivity index (χ0n) is 10.9. The van der Waals surface area contributed by atoms with Crippen LogP contribution in [0.1, 0.15) is 19.8 Å². The Hall–Kier alpha value is -1.24. The Morgan fingerprint density at radius 3 is 2.63 bits per heavy atom. The minimum Gasteiger partial charge on any atom is -0.358 e. The van der Waals surface area contributed by atoms with Crippen molar-refractivity contribution in [2.24, 2.45) is 0 Å². The number of hydrogen-bond donors (Lipinski definition) is 0. The van der Waals surface area contributed by atoms with Crippen LogP contribution in [0.3, 0.4) is 0 Å². The number of carbonyl (C=O) groups is 2. The first-order valence-corrected chi connectivity index (χ1v) is 6.42. The molecule has 0 unspecified atom stereocenters. The molecule has 3 heterocycles. The maximum absolute atomic E-state index is 11.7. The van der Waals surface area contributed by atoms with E-state index in [1.54, 1.807) is 6.08 Å². The molecule has 19 heavy (non-hydrogen) atoms. The molecular formula is C13H17NO5. The smallest absolute Gasteiger partial charge is 0.229 e. The van der Waals surface area contributed by atoms with Crippen molar-refractivity contribution in [3.05, 3.63) is 12.7 Å². The van der Waals surface area contributed by atoms with Crippen molar-refractivity contribution < 1.29 is 23.8 Å². The SMILES string of the molecule is C=CCO[C@]1(CN2C(=O)CCC2=O)OC[C@@H]2O[C@@]21C. The lowest BCUT2D eigenvalue weighted by molar-refractivity contribution is -0.259. The number of likely N-dealkylation sites (tertiary alicyclic amines) is 1. The Balaban J connectivity index is 1.82. The molecule has 3 aliphatic rings. The quantitative estimate of drug-likeness (QED) is 0.405. The van der Waals surface area contributed by atoms with Gasteiger partial charge in [0.25, 0.3) is 0 Å². The number of carbonyl (C=O) groups excluding carboxylic acids is 2. The van der Waals surface area contributed by atoms with E-state index in [1.807, 2.05) is 6.92 Å². The lowest BCUT2D eigenvalue weighted by Crippen LogP contribution is -2.55. The molecule has 6 heteroatoms. The first-order chi connectivity index (χ1) is 9.02. The molecule has 0 radical (unpaired) electrons. The second-order valence-electron chi connectivity index (χ2n) is 5.25. The van der Waals surface area contributed by atoms with Gasteiger partial charge in [0.05, 0.1) is 19.8 Å². The maximum Gasteiger partial charge on any atom is 0.229 e. The van der Waals surface area contributed by atoms with Crippen molar-refractivity contribution in [3.63, 3.8) is 0 Å². The lowest BCUT2D eigenvalue weighted by atomic mass is 9.98. The van der Waals surface area contributed by atoms with Crippen LogP contribution in [-0.2, 0) is 23.8 Å². The van der Waals surface area contributed by atoms with Gasteiger partial charge < -0.3 is 14.2 Å². The van der Waals surface area contributed by atoms with Crippen LogP contribution in [0.4, 0.5) is 0 Å². The fraction of sp³-hybridized carbons (Fsp3) is 0.692. The fourth-order valence-electron chi connectivity index (χ4n) is 2.78. The summed E-state index contributed by atoms with van der Waals surface area (Å²) in [6.45, 7) is 6.28. The van der Waals surface area contributed by atoms with Crippen LogP contribution >= 0.6 is 0 Å². The van der Waals surface area contributed by atoms with Gasteiger partial charge in [0.15, 0.2) is 0 Å². The molecule has 2 amide bonds. The number of rotatable bonds is 5. The van der Waals surface area contributed by atoms with Gasteiger partial charge in [0.1, 0.15) is 11.7 Å². The average Bonchev–Trinajstić information content (AvgIpc) is 2.88. The van der Waals surface area contributed by atoms with Crippen LogP contribution in [0.15, 0.2) is 12.7 Å². The van der Waals surface area contributed by atoms with Gasteiger partial charge in [-0.15, -0.1) is 6.58 Å². The molecule has 0 aromatic heterocycles. The number of fused-ring (bicyclic) bond motifs is 1. The number of hydrogen-bond acceptors (Lipinski definition) is 5. The van der Waals surface area contributed by atoms with E-state index in [-0.39, 0.29) is 43.9 Å². The second-order valence-corrected chi connectivity index (χ2v) is 5.25. The van der Waals surface area contributed by atoms with Crippen molar-refractivity contribution in [2.75, 3.05) is 19.8 Å². The minimum atomic E-state index is -1.07. The van der Waals surface area contributed by atoms with Gasteiger partial charge in [-0.25, -0.2) is 0 Å². The van der Waals surface area contributed by atoms with Gasteiger partial charge >= 0.3 is 0 Å². The van der Waals surface area contributed by atoms with E-state index in [9.17, 15) is 9.59 Å². The molecule has 3 saturated heterocycles.